The molecule has 0 amide bonds. The Morgan fingerprint density at radius 3 is 2.92 bits per heavy atom. The zero-order valence-corrected chi connectivity index (χ0v) is 16.1. The first-order chi connectivity index (χ1) is 12.7. The van der Waals surface area contributed by atoms with E-state index in [1.165, 1.54) is 58.7 Å². The number of nitrogens with zero attached hydrogens (tertiary/aromatic N) is 2. The van der Waals surface area contributed by atoms with Gasteiger partial charge in [0.15, 0.2) is 0 Å². The predicted molar refractivity (Wildman–Crippen MR) is 109 cm³/mol. The standard InChI is InChI=1S/C21H26N4S/c1-13-6-5-9-15-12-16(26-19(13)15)17-18-20(22)23-10-11-25(18)21(24-17)14-7-3-2-4-8-14/h6,10-12,14,21,24H,2-5,7-9H2,1H3,(H2,22,23). The van der Waals surface area contributed by atoms with Gasteiger partial charge in [-0.2, -0.15) is 0 Å². The number of hydrogen-bond acceptors (Lipinski definition) is 5. The van der Waals surface area contributed by atoms with E-state index < -0.39 is 0 Å². The van der Waals surface area contributed by atoms with Gasteiger partial charge < -0.3 is 16.0 Å². The van der Waals surface area contributed by atoms with E-state index in [9.17, 15) is 0 Å². The summed E-state index contributed by atoms with van der Waals surface area (Å²) in [6.45, 7) is 2.23. The molecule has 4 aliphatic rings. The van der Waals surface area contributed by atoms with Crippen LogP contribution < -0.4 is 11.1 Å². The zero-order valence-electron chi connectivity index (χ0n) is 15.3. The van der Waals surface area contributed by atoms with Crippen molar-refractivity contribution in [3.63, 3.8) is 0 Å². The van der Waals surface area contributed by atoms with E-state index in [-0.39, 0.29) is 0 Å². The number of thiophene rings is 1. The van der Waals surface area contributed by atoms with Gasteiger partial charge in [0.1, 0.15) is 17.7 Å². The lowest BCUT2D eigenvalue weighted by atomic mass is 9.86. The second-order valence-corrected chi connectivity index (χ2v) is 8.87. The largest absolute Gasteiger partial charge is 0.382 e. The van der Waals surface area contributed by atoms with E-state index >= 15 is 0 Å². The van der Waals surface area contributed by atoms with Gasteiger partial charge in [0.05, 0.1) is 10.6 Å². The number of nitrogens with one attached hydrogen (secondary N) is 1. The molecule has 0 spiro atoms. The van der Waals surface area contributed by atoms with Gasteiger partial charge in [-0.15, -0.1) is 11.3 Å². The number of hydrogen-bond donors (Lipinski definition) is 2. The Hall–Kier alpha value is -2.01. The van der Waals surface area contributed by atoms with Crippen molar-refractivity contribution in [1.82, 2.24) is 10.2 Å². The summed E-state index contributed by atoms with van der Waals surface area (Å²) >= 11 is 1.90. The van der Waals surface area contributed by atoms with Gasteiger partial charge in [-0.3, -0.25) is 0 Å². The number of allylic oxidation sites excluding steroid dienone is 2. The SMILES string of the molecule is CC1=CCCc2cc(C3=C4C(N)=NC=CN4C(C4CCCCC4)N3)sc21. The number of amidine groups is 1. The molecule has 5 heteroatoms. The van der Waals surface area contributed by atoms with Crippen molar-refractivity contribution in [2.45, 2.75) is 58.0 Å². The van der Waals surface area contributed by atoms with Crippen LogP contribution in [0.2, 0.25) is 0 Å². The number of nitrogens with two attached hydrogens (primary N) is 1. The normalized spacial score (nSPS) is 25.6. The van der Waals surface area contributed by atoms with Crippen molar-refractivity contribution in [3.8, 4) is 0 Å². The Bertz CT molecular complexity index is 851. The number of aryl methyl sites for hydroxylation is 1. The van der Waals surface area contributed by atoms with Crippen molar-refractivity contribution < 1.29 is 0 Å². The van der Waals surface area contributed by atoms with Crippen LogP contribution in [-0.2, 0) is 6.42 Å². The van der Waals surface area contributed by atoms with Gasteiger partial charge in [0.25, 0.3) is 0 Å². The summed E-state index contributed by atoms with van der Waals surface area (Å²) in [6, 6.07) is 2.37. The van der Waals surface area contributed by atoms with Gasteiger partial charge in [-0.05, 0) is 55.7 Å². The molecule has 0 radical (unpaired) electrons. The lowest BCUT2D eigenvalue weighted by molar-refractivity contribution is 0.197. The van der Waals surface area contributed by atoms with Crippen molar-refractivity contribution in [2.75, 3.05) is 0 Å². The van der Waals surface area contributed by atoms with E-state index in [2.05, 4.69) is 40.5 Å². The maximum atomic E-state index is 6.34. The smallest absolute Gasteiger partial charge is 0.149 e. The first-order valence-corrected chi connectivity index (χ1v) is 10.6. The van der Waals surface area contributed by atoms with Crippen molar-refractivity contribution in [1.29, 1.82) is 0 Å². The van der Waals surface area contributed by atoms with Gasteiger partial charge >= 0.3 is 0 Å². The van der Waals surface area contributed by atoms with E-state index in [1.807, 2.05) is 17.5 Å². The Balaban J connectivity index is 1.54. The first-order valence-electron chi connectivity index (χ1n) is 9.82. The summed E-state index contributed by atoms with van der Waals surface area (Å²) in [5, 5.41) is 3.86. The minimum absolute atomic E-state index is 0.307. The topological polar surface area (TPSA) is 53.6 Å². The van der Waals surface area contributed by atoms with Gasteiger partial charge in [0.2, 0.25) is 0 Å². The third kappa shape index (κ3) is 2.52. The predicted octanol–water partition coefficient (Wildman–Crippen LogP) is 4.42. The summed E-state index contributed by atoms with van der Waals surface area (Å²) in [4.78, 5) is 9.48. The minimum atomic E-state index is 0.307. The van der Waals surface area contributed by atoms with Crippen LogP contribution in [0.5, 0.6) is 0 Å². The number of rotatable bonds is 2. The number of aliphatic imine (C=N–C) groups is 1. The second kappa shape index (κ2) is 6.31. The van der Waals surface area contributed by atoms with Crippen LogP contribution in [-0.4, -0.2) is 16.9 Å². The van der Waals surface area contributed by atoms with Crippen LogP contribution in [0, 0.1) is 5.92 Å². The van der Waals surface area contributed by atoms with Crippen molar-refractivity contribution in [3.05, 3.63) is 45.6 Å². The molecule has 1 saturated carbocycles. The number of fused-ring (bicyclic) bond motifs is 2. The van der Waals surface area contributed by atoms with Crippen LogP contribution in [0.1, 0.15) is 60.8 Å². The highest BCUT2D eigenvalue weighted by Gasteiger charge is 2.39. The summed E-state index contributed by atoms with van der Waals surface area (Å²) in [7, 11) is 0. The molecule has 3 N–H and O–H groups in total. The van der Waals surface area contributed by atoms with Crippen molar-refractivity contribution in [2.24, 2.45) is 16.6 Å². The fourth-order valence-electron chi connectivity index (χ4n) is 4.82. The Kier molecular flexibility index (Phi) is 3.92. The molecule has 0 aromatic carbocycles. The quantitative estimate of drug-likeness (QED) is 0.815. The Morgan fingerprint density at radius 2 is 2.12 bits per heavy atom. The van der Waals surface area contributed by atoms with E-state index in [1.54, 1.807) is 0 Å². The molecule has 2 aliphatic heterocycles. The van der Waals surface area contributed by atoms with E-state index in [4.69, 9.17) is 5.73 Å². The summed E-state index contributed by atoms with van der Waals surface area (Å²) in [6.07, 6.45) is 15.5. The highest BCUT2D eigenvalue weighted by Crippen LogP contribution is 2.42. The fourth-order valence-corrected chi connectivity index (χ4v) is 6.03. The Morgan fingerprint density at radius 1 is 1.27 bits per heavy atom. The summed E-state index contributed by atoms with van der Waals surface area (Å²) < 4.78 is 0. The maximum absolute atomic E-state index is 6.34. The molecule has 5 rings (SSSR count). The molecule has 0 saturated heterocycles. The molecule has 3 heterocycles. The second-order valence-electron chi connectivity index (χ2n) is 7.82. The van der Waals surface area contributed by atoms with Gasteiger partial charge in [-0.25, -0.2) is 4.99 Å². The average molecular weight is 367 g/mol. The van der Waals surface area contributed by atoms with E-state index in [0.29, 0.717) is 17.9 Å². The molecular formula is C21H26N4S. The summed E-state index contributed by atoms with van der Waals surface area (Å²) in [5.74, 6) is 1.30. The first kappa shape index (κ1) is 16.2. The van der Waals surface area contributed by atoms with Crippen LogP contribution in [0.3, 0.4) is 0 Å². The third-order valence-corrected chi connectivity index (χ3v) is 7.47. The lowest BCUT2D eigenvalue weighted by Crippen LogP contribution is -2.43. The minimum Gasteiger partial charge on any atom is -0.382 e. The average Bonchev–Trinajstić information content (AvgIpc) is 3.25. The van der Waals surface area contributed by atoms with Crippen LogP contribution in [0.25, 0.3) is 11.3 Å². The fraction of sp³-hybridized carbons (Fsp3) is 0.476. The zero-order chi connectivity index (χ0) is 17.7. The monoisotopic (exact) mass is 366 g/mol. The molecule has 1 fully saturated rings. The third-order valence-electron chi connectivity index (χ3n) is 6.14. The molecule has 136 valence electrons. The van der Waals surface area contributed by atoms with Gasteiger partial charge in [0, 0.05) is 17.3 Å². The van der Waals surface area contributed by atoms with Gasteiger partial charge in [-0.1, -0.05) is 25.3 Å². The molecule has 4 nitrogen and oxygen atoms in total. The molecule has 1 aromatic heterocycles. The van der Waals surface area contributed by atoms with Crippen LogP contribution in [0.15, 0.2) is 35.2 Å². The highest BCUT2D eigenvalue weighted by atomic mass is 32.1. The molecule has 1 atom stereocenters. The van der Waals surface area contributed by atoms with E-state index in [0.717, 1.165) is 18.5 Å². The lowest BCUT2D eigenvalue weighted by Gasteiger charge is -2.35. The summed E-state index contributed by atoms with van der Waals surface area (Å²) in [5.41, 5.74) is 11.5. The maximum Gasteiger partial charge on any atom is 0.149 e. The molecule has 1 aromatic rings. The molecule has 2 aliphatic carbocycles. The van der Waals surface area contributed by atoms with Crippen LogP contribution in [0.4, 0.5) is 0 Å². The molecule has 0 bridgehead atoms. The highest BCUT2D eigenvalue weighted by molar-refractivity contribution is 7.14. The molecule has 1 unspecified atom stereocenters. The molecule has 26 heavy (non-hydrogen) atoms. The molecular weight excluding hydrogens is 340 g/mol. The van der Waals surface area contributed by atoms with Crippen LogP contribution >= 0.6 is 11.3 Å². The Labute approximate surface area is 159 Å². The van der Waals surface area contributed by atoms with Crippen molar-refractivity contribution >= 4 is 28.4 Å².